The van der Waals surface area contributed by atoms with E-state index in [0.29, 0.717) is 19.0 Å². The summed E-state index contributed by atoms with van der Waals surface area (Å²) in [5.41, 5.74) is 4.12. The van der Waals surface area contributed by atoms with E-state index in [1.165, 1.54) is 0 Å². The Kier molecular flexibility index (Phi) is 6.53. The number of carbonyl (C=O) groups is 1. The molecular weight excluding hydrogens is 429 g/mol. The molecule has 7 heteroatoms. The van der Waals surface area contributed by atoms with E-state index in [9.17, 15) is 4.79 Å². The standard InChI is InChI=1S/C27H34BNO5/c1-8-31-25(30)16-20-10-9-18(2)13-24(20)32-17-19-14-22(21-11-12-29(7)23(21)15-19)28-33-26(3,4)27(5,6)34-28/h9-15H,8,16-17H2,1-7H3. The Bertz CT molecular complexity index is 1200. The molecule has 2 aromatic carbocycles. The van der Waals surface area contributed by atoms with E-state index in [4.69, 9.17) is 18.8 Å². The summed E-state index contributed by atoms with van der Waals surface area (Å²) in [7, 11) is 1.56. The molecule has 0 amide bonds. The van der Waals surface area contributed by atoms with Crippen LogP contribution in [-0.4, -0.2) is 35.5 Å². The van der Waals surface area contributed by atoms with Crippen molar-refractivity contribution >= 4 is 29.5 Å². The van der Waals surface area contributed by atoms with Crippen molar-refractivity contribution in [3.05, 3.63) is 59.3 Å². The number of rotatable bonds is 7. The number of fused-ring (bicyclic) bond motifs is 1. The van der Waals surface area contributed by atoms with Crippen molar-refractivity contribution in [2.75, 3.05) is 6.61 Å². The first-order valence-electron chi connectivity index (χ1n) is 11.8. The number of aryl methyl sites for hydroxylation is 2. The zero-order valence-corrected chi connectivity index (χ0v) is 21.2. The van der Waals surface area contributed by atoms with Gasteiger partial charge in [-0.05, 0) is 81.7 Å². The van der Waals surface area contributed by atoms with E-state index in [1.54, 1.807) is 0 Å². The van der Waals surface area contributed by atoms with Crippen LogP contribution in [-0.2, 0) is 38.9 Å². The summed E-state index contributed by atoms with van der Waals surface area (Å²) < 4.78 is 26.2. The first-order chi connectivity index (χ1) is 16.0. The van der Waals surface area contributed by atoms with Crippen LogP contribution in [0.2, 0.25) is 0 Å². The predicted octanol–water partition coefficient (Wildman–Crippen LogP) is 4.47. The van der Waals surface area contributed by atoms with Crippen molar-refractivity contribution in [2.45, 2.75) is 65.8 Å². The van der Waals surface area contributed by atoms with Gasteiger partial charge in [-0.15, -0.1) is 0 Å². The van der Waals surface area contributed by atoms with Crippen LogP contribution in [0.3, 0.4) is 0 Å². The Morgan fingerprint density at radius 1 is 1.06 bits per heavy atom. The molecule has 6 nitrogen and oxygen atoms in total. The number of carbonyl (C=O) groups excluding carboxylic acids is 1. The number of benzene rings is 2. The molecule has 0 atom stereocenters. The van der Waals surface area contributed by atoms with Gasteiger partial charge >= 0.3 is 13.1 Å². The highest BCUT2D eigenvalue weighted by Crippen LogP contribution is 2.37. The van der Waals surface area contributed by atoms with Crippen LogP contribution < -0.4 is 10.2 Å². The second-order valence-electron chi connectivity index (χ2n) is 10.0. The molecule has 1 aliphatic rings. The van der Waals surface area contributed by atoms with Crippen molar-refractivity contribution in [2.24, 2.45) is 7.05 Å². The lowest BCUT2D eigenvalue weighted by molar-refractivity contribution is -0.142. The maximum Gasteiger partial charge on any atom is 0.495 e. The monoisotopic (exact) mass is 463 g/mol. The van der Waals surface area contributed by atoms with E-state index >= 15 is 0 Å². The van der Waals surface area contributed by atoms with Crippen molar-refractivity contribution in [3.8, 4) is 5.75 Å². The van der Waals surface area contributed by atoms with Gasteiger partial charge in [0.2, 0.25) is 0 Å². The quantitative estimate of drug-likeness (QED) is 0.382. The molecule has 1 aromatic heterocycles. The molecule has 0 unspecified atom stereocenters. The lowest BCUT2D eigenvalue weighted by Crippen LogP contribution is -2.41. The number of ether oxygens (including phenoxy) is 2. The molecule has 4 rings (SSSR count). The largest absolute Gasteiger partial charge is 0.495 e. The molecule has 3 aromatic rings. The highest BCUT2D eigenvalue weighted by atomic mass is 16.7. The molecule has 1 aliphatic heterocycles. The van der Waals surface area contributed by atoms with Gasteiger partial charge in [0, 0.05) is 24.3 Å². The molecule has 0 saturated carbocycles. The van der Waals surface area contributed by atoms with Crippen LogP contribution in [0.1, 0.15) is 51.3 Å². The molecule has 34 heavy (non-hydrogen) atoms. The Labute approximate surface area is 202 Å². The van der Waals surface area contributed by atoms with Crippen molar-refractivity contribution in [1.82, 2.24) is 4.57 Å². The molecule has 1 fully saturated rings. The topological polar surface area (TPSA) is 58.9 Å². The Balaban J connectivity index is 1.64. The fourth-order valence-corrected chi connectivity index (χ4v) is 4.18. The molecule has 0 aliphatic carbocycles. The summed E-state index contributed by atoms with van der Waals surface area (Å²) in [6.45, 7) is 12.8. The minimum absolute atomic E-state index is 0.180. The van der Waals surface area contributed by atoms with Gasteiger partial charge in [0.05, 0.1) is 24.2 Å². The number of esters is 1. The van der Waals surface area contributed by atoms with E-state index in [0.717, 1.165) is 33.1 Å². The summed E-state index contributed by atoms with van der Waals surface area (Å²) in [6, 6.07) is 12.2. The van der Waals surface area contributed by atoms with Crippen LogP contribution in [0.25, 0.3) is 10.9 Å². The van der Waals surface area contributed by atoms with Crippen molar-refractivity contribution in [1.29, 1.82) is 0 Å². The van der Waals surface area contributed by atoms with Crippen LogP contribution in [0.15, 0.2) is 42.6 Å². The zero-order chi connectivity index (χ0) is 24.7. The maximum atomic E-state index is 12.1. The minimum Gasteiger partial charge on any atom is -0.489 e. The number of hydrogen-bond acceptors (Lipinski definition) is 5. The maximum absolute atomic E-state index is 12.1. The molecule has 0 radical (unpaired) electrons. The first kappa shape index (κ1) is 24.4. The highest BCUT2D eigenvalue weighted by molar-refractivity contribution is 6.65. The molecule has 1 saturated heterocycles. The Hall–Kier alpha value is -2.77. The van der Waals surface area contributed by atoms with Gasteiger partial charge in [-0.25, -0.2) is 0 Å². The van der Waals surface area contributed by atoms with Crippen LogP contribution >= 0.6 is 0 Å². The average Bonchev–Trinajstić information content (AvgIpc) is 3.23. The second kappa shape index (κ2) is 9.12. The van der Waals surface area contributed by atoms with E-state index in [2.05, 4.69) is 50.5 Å². The van der Waals surface area contributed by atoms with Crippen molar-refractivity contribution < 1.29 is 23.6 Å². The van der Waals surface area contributed by atoms with Gasteiger partial charge in [0.15, 0.2) is 0 Å². The lowest BCUT2D eigenvalue weighted by atomic mass is 9.76. The second-order valence-corrected chi connectivity index (χ2v) is 10.0. The fourth-order valence-electron chi connectivity index (χ4n) is 4.18. The van der Waals surface area contributed by atoms with E-state index in [-0.39, 0.29) is 12.4 Å². The normalized spacial score (nSPS) is 16.7. The molecule has 2 heterocycles. The van der Waals surface area contributed by atoms with Crippen LogP contribution in [0.4, 0.5) is 0 Å². The summed E-state index contributed by atoms with van der Waals surface area (Å²) >= 11 is 0. The van der Waals surface area contributed by atoms with Crippen LogP contribution in [0, 0.1) is 6.92 Å². The molecule has 180 valence electrons. The van der Waals surface area contributed by atoms with Gasteiger partial charge in [-0.1, -0.05) is 18.2 Å². The summed E-state index contributed by atoms with van der Waals surface area (Å²) in [5, 5.41) is 1.10. The third kappa shape index (κ3) is 4.72. The molecule has 0 bridgehead atoms. The third-order valence-corrected chi connectivity index (χ3v) is 6.86. The Morgan fingerprint density at radius 3 is 2.44 bits per heavy atom. The first-order valence-corrected chi connectivity index (χ1v) is 11.8. The van der Waals surface area contributed by atoms with Gasteiger partial charge in [0.1, 0.15) is 12.4 Å². The minimum atomic E-state index is -0.465. The molecular formula is C27H34BNO5. The smallest absolute Gasteiger partial charge is 0.489 e. The third-order valence-electron chi connectivity index (χ3n) is 6.86. The summed E-state index contributed by atoms with van der Waals surface area (Å²) in [6.07, 6.45) is 2.22. The van der Waals surface area contributed by atoms with Gasteiger partial charge < -0.3 is 23.3 Å². The predicted molar refractivity (Wildman–Crippen MR) is 134 cm³/mol. The zero-order valence-electron chi connectivity index (χ0n) is 21.2. The van der Waals surface area contributed by atoms with Gasteiger partial charge in [-0.3, -0.25) is 4.79 Å². The summed E-state index contributed by atoms with van der Waals surface area (Å²) in [5.74, 6) is 0.432. The van der Waals surface area contributed by atoms with Crippen molar-refractivity contribution in [3.63, 3.8) is 0 Å². The summed E-state index contributed by atoms with van der Waals surface area (Å²) in [4.78, 5) is 12.1. The SMILES string of the molecule is CCOC(=O)Cc1ccc(C)cc1OCc1cc(B2OC(C)(C)C(C)(C)O2)c2ccn(C)c2c1. The number of aromatic nitrogens is 1. The lowest BCUT2D eigenvalue weighted by Gasteiger charge is -2.32. The number of nitrogens with zero attached hydrogens (tertiary/aromatic N) is 1. The van der Waals surface area contributed by atoms with E-state index in [1.807, 2.05) is 45.3 Å². The molecule has 0 N–H and O–H groups in total. The van der Waals surface area contributed by atoms with Crippen LogP contribution in [0.5, 0.6) is 5.75 Å². The van der Waals surface area contributed by atoms with Gasteiger partial charge in [-0.2, -0.15) is 0 Å². The average molecular weight is 463 g/mol. The highest BCUT2D eigenvalue weighted by Gasteiger charge is 2.52. The van der Waals surface area contributed by atoms with E-state index < -0.39 is 18.3 Å². The van der Waals surface area contributed by atoms with Gasteiger partial charge in [0.25, 0.3) is 0 Å². The molecule has 0 spiro atoms. The Morgan fingerprint density at radius 2 is 1.76 bits per heavy atom. The number of hydrogen-bond donors (Lipinski definition) is 0. The fraction of sp³-hybridized carbons (Fsp3) is 0.444.